The minimum atomic E-state index is 1.07. The molecule has 1 aliphatic rings. The van der Waals surface area contributed by atoms with Crippen LogP contribution in [0.3, 0.4) is 0 Å². The summed E-state index contributed by atoms with van der Waals surface area (Å²) < 4.78 is 1.28. The third-order valence-electron chi connectivity index (χ3n) is 3.24. The van der Waals surface area contributed by atoms with Crippen LogP contribution in [0, 0.1) is 0 Å². The van der Waals surface area contributed by atoms with Gasteiger partial charge in [-0.25, -0.2) is 4.98 Å². The van der Waals surface area contributed by atoms with Crippen LogP contribution in [0.5, 0.6) is 0 Å². The van der Waals surface area contributed by atoms with Crippen molar-refractivity contribution < 1.29 is 0 Å². The van der Waals surface area contributed by atoms with Gasteiger partial charge in [0.05, 0.1) is 15.7 Å². The van der Waals surface area contributed by atoms with Crippen molar-refractivity contribution in [3.63, 3.8) is 0 Å². The van der Waals surface area contributed by atoms with Crippen LogP contribution in [0.25, 0.3) is 27.1 Å². The van der Waals surface area contributed by atoms with E-state index in [0.717, 1.165) is 11.9 Å². The Labute approximate surface area is 97.1 Å². The summed E-state index contributed by atoms with van der Waals surface area (Å²) in [6.07, 6.45) is 5.52. The van der Waals surface area contributed by atoms with Crippen LogP contribution in [-0.2, 0) is 6.42 Å². The smallest absolute Gasteiger partial charge is 0.0818 e. The molecule has 76 valence electrons. The summed E-state index contributed by atoms with van der Waals surface area (Å²) in [7, 11) is 0. The van der Waals surface area contributed by atoms with E-state index in [0.29, 0.717) is 0 Å². The van der Waals surface area contributed by atoms with Gasteiger partial charge in [-0.2, -0.15) is 0 Å². The molecule has 0 saturated carbocycles. The van der Waals surface area contributed by atoms with Crippen LogP contribution in [0.4, 0.5) is 0 Å². The largest absolute Gasteiger partial charge is 0.245 e. The molecule has 0 saturated heterocycles. The lowest BCUT2D eigenvalue weighted by molar-refractivity contribution is 1.35. The van der Waals surface area contributed by atoms with E-state index >= 15 is 0 Å². The summed E-state index contributed by atoms with van der Waals surface area (Å²) in [6.45, 7) is 0. The van der Waals surface area contributed by atoms with Gasteiger partial charge >= 0.3 is 0 Å². The van der Waals surface area contributed by atoms with Crippen LogP contribution in [0.15, 0.2) is 35.9 Å². The van der Waals surface area contributed by atoms with Crippen LogP contribution in [-0.4, -0.2) is 4.98 Å². The van der Waals surface area contributed by atoms with Crippen LogP contribution < -0.4 is 0 Å². The second-order valence-corrected chi connectivity index (χ2v) is 5.02. The normalized spacial score (nSPS) is 13.8. The van der Waals surface area contributed by atoms with Gasteiger partial charge in [0.25, 0.3) is 0 Å². The SMILES string of the molecule is C1=Cc2ccc3cc4ncsc4cc3c2C1. The molecule has 0 spiro atoms. The van der Waals surface area contributed by atoms with E-state index in [1.807, 2.05) is 5.51 Å². The van der Waals surface area contributed by atoms with Gasteiger partial charge in [-0.15, -0.1) is 11.3 Å². The highest BCUT2D eigenvalue weighted by Gasteiger charge is 2.10. The second-order valence-electron chi connectivity index (χ2n) is 4.13. The monoisotopic (exact) mass is 223 g/mol. The maximum absolute atomic E-state index is 4.37. The van der Waals surface area contributed by atoms with Crippen molar-refractivity contribution in [2.75, 3.05) is 0 Å². The van der Waals surface area contributed by atoms with E-state index in [2.05, 4.69) is 41.4 Å². The van der Waals surface area contributed by atoms with E-state index in [1.165, 1.54) is 26.6 Å². The third kappa shape index (κ3) is 1.02. The van der Waals surface area contributed by atoms with E-state index in [1.54, 1.807) is 11.3 Å². The number of rotatable bonds is 0. The maximum atomic E-state index is 4.37. The first-order chi connectivity index (χ1) is 7.92. The van der Waals surface area contributed by atoms with E-state index in [9.17, 15) is 0 Å². The first-order valence-electron chi connectivity index (χ1n) is 5.37. The Morgan fingerprint density at radius 3 is 3.19 bits per heavy atom. The molecule has 0 atom stereocenters. The van der Waals surface area contributed by atoms with Gasteiger partial charge in [-0.3, -0.25) is 0 Å². The molecule has 1 heterocycles. The van der Waals surface area contributed by atoms with Crippen molar-refractivity contribution in [2.24, 2.45) is 0 Å². The minimum absolute atomic E-state index is 1.07. The second kappa shape index (κ2) is 2.92. The van der Waals surface area contributed by atoms with Gasteiger partial charge in [0.15, 0.2) is 0 Å². The number of aromatic nitrogens is 1. The molecule has 2 aromatic carbocycles. The molecule has 3 aromatic rings. The zero-order chi connectivity index (χ0) is 10.5. The molecule has 2 heteroatoms. The lowest BCUT2D eigenvalue weighted by atomic mass is 10.0. The molecular weight excluding hydrogens is 214 g/mol. The Kier molecular flexibility index (Phi) is 1.55. The van der Waals surface area contributed by atoms with E-state index < -0.39 is 0 Å². The highest BCUT2D eigenvalue weighted by atomic mass is 32.1. The van der Waals surface area contributed by atoms with Gasteiger partial charge in [0.1, 0.15) is 0 Å². The molecule has 0 bridgehead atoms. The van der Waals surface area contributed by atoms with Crippen molar-refractivity contribution in [2.45, 2.75) is 6.42 Å². The summed E-state index contributed by atoms with van der Waals surface area (Å²) >= 11 is 1.72. The van der Waals surface area contributed by atoms with Crippen molar-refractivity contribution in [1.29, 1.82) is 0 Å². The molecule has 0 N–H and O–H groups in total. The average Bonchev–Trinajstić information content (AvgIpc) is 2.94. The number of fused-ring (bicyclic) bond motifs is 4. The Hall–Kier alpha value is -1.67. The fourth-order valence-electron chi connectivity index (χ4n) is 2.44. The first-order valence-corrected chi connectivity index (χ1v) is 6.25. The van der Waals surface area contributed by atoms with Crippen LogP contribution in [0.2, 0.25) is 0 Å². The Morgan fingerprint density at radius 2 is 2.19 bits per heavy atom. The lowest BCUT2D eigenvalue weighted by Gasteiger charge is -2.05. The number of nitrogens with zero attached hydrogens (tertiary/aromatic N) is 1. The van der Waals surface area contributed by atoms with Crippen LogP contribution in [0.1, 0.15) is 11.1 Å². The number of hydrogen-bond donors (Lipinski definition) is 0. The highest BCUT2D eigenvalue weighted by Crippen LogP contribution is 2.32. The summed E-state index contributed by atoms with van der Waals surface area (Å²) in [5, 5.41) is 2.69. The van der Waals surface area contributed by atoms with Crippen LogP contribution >= 0.6 is 11.3 Å². The Balaban J connectivity index is 2.21. The highest BCUT2D eigenvalue weighted by molar-refractivity contribution is 7.16. The quantitative estimate of drug-likeness (QED) is 0.561. The fraction of sp³-hybridized carbons (Fsp3) is 0.0714. The molecule has 1 nitrogen and oxygen atoms in total. The molecule has 16 heavy (non-hydrogen) atoms. The predicted octanol–water partition coefficient (Wildman–Crippen LogP) is 4.02. The number of hydrogen-bond acceptors (Lipinski definition) is 2. The van der Waals surface area contributed by atoms with Crippen molar-refractivity contribution in [3.05, 3.63) is 47.0 Å². The van der Waals surface area contributed by atoms with Crippen molar-refractivity contribution in [3.8, 4) is 0 Å². The van der Waals surface area contributed by atoms with Crippen molar-refractivity contribution >= 4 is 38.4 Å². The molecule has 0 aliphatic heterocycles. The summed E-state index contributed by atoms with van der Waals surface area (Å²) in [4.78, 5) is 4.37. The molecular formula is C14H9NS. The first kappa shape index (κ1) is 8.48. The van der Waals surface area contributed by atoms with Gasteiger partial charge in [-0.1, -0.05) is 24.3 Å². The fourth-order valence-corrected chi connectivity index (χ4v) is 3.14. The molecule has 4 rings (SSSR count). The molecule has 0 radical (unpaired) electrons. The predicted molar refractivity (Wildman–Crippen MR) is 69.9 cm³/mol. The minimum Gasteiger partial charge on any atom is -0.245 e. The number of allylic oxidation sites excluding steroid dienone is 1. The van der Waals surface area contributed by atoms with Gasteiger partial charge in [0, 0.05) is 0 Å². The topological polar surface area (TPSA) is 12.9 Å². The number of thiazole rings is 1. The van der Waals surface area contributed by atoms with Gasteiger partial charge < -0.3 is 0 Å². The average molecular weight is 223 g/mol. The molecule has 0 unspecified atom stereocenters. The number of benzene rings is 2. The molecule has 1 aliphatic carbocycles. The Morgan fingerprint density at radius 1 is 1.19 bits per heavy atom. The van der Waals surface area contributed by atoms with Gasteiger partial charge in [0.2, 0.25) is 0 Å². The summed E-state index contributed by atoms with van der Waals surface area (Å²) in [5.74, 6) is 0. The third-order valence-corrected chi connectivity index (χ3v) is 4.03. The summed E-state index contributed by atoms with van der Waals surface area (Å²) in [5.41, 5.74) is 5.87. The van der Waals surface area contributed by atoms with Crippen molar-refractivity contribution in [1.82, 2.24) is 4.98 Å². The zero-order valence-corrected chi connectivity index (χ0v) is 9.42. The molecule has 1 aromatic heterocycles. The van der Waals surface area contributed by atoms with E-state index in [-0.39, 0.29) is 0 Å². The lowest BCUT2D eigenvalue weighted by Crippen LogP contribution is -1.84. The molecule has 0 fully saturated rings. The molecule has 0 amide bonds. The summed E-state index contributed by atoms with van der Waals surface area (Å²) in [6, 6.07) is 8.88. The standard InChI is InChI=1S/C14H9NS/c1-2-9-4-5-10-6-13-14(16-8-15-13)7-12(10)11(9)3-1/h1-2,4-8H,3H2. The zero-order valence-electron chi connectivity index (χ0n) is 8.60. The van der Waals surface area contributed by atoms with E-state index in [4.69, 9.17) is 0 Å². The Bertz CT molecular complexity index is 737. The maximum Gasteiger partial charge on any atom is 0.0818 e. The van der Waals surface area contributed by atoms with Gasteiger partial charge in [-0.05, 0) is 40.5 Å².